The Bertz CT molecular complexity index is 601. The molecule has 1 aromatic carbocycles. The monoisotopic (exact) mass is 240 g/mol. The first-order valence-electron chi connectivity index (χ1n) is 6.40. The zero-order chi connectivity index (χ0) is 12.5. The van der Waals surface area contributed by atoms with Gasteiger partial charge in [0.1, 0.15) is 5.82 Å². The van der Waals surface area contributed by atoms with Crippen LogP contribution in [-0.4, -0.2) is 24.4 Å². The largest absolute Gasteiger partial charge is 0.356 e. The predicted molar refractivity (Wildman–Crippen MR) is 73.3 cm³/mol. The van der Waals surface area contributed by atoms with Crippen molar-refractivity contribution in [1.29, 1.82) is 0 Å². The summed E-state index contributed by atoms with van der Waals surface area (Å²) in [4.78, 5) is 18.2. The van der Waals surface area contributed by atoms with Crippen LogP contribution in [0.25, 0.3) is 10.9 Å². The van der Waals surface area contributed by atoms with Crippen LogP contribution in [0, 0.1) is 6.92 Å². The fourth-order valence-corrected chi connectivity index (χ4v) is 2.62. The van der Waals surface area contributed by atoms with Crippen molar-refractivity contribution in [2.75, 3.05) is 18.0 Å². The highest BCUT2D eigenvalue weighted by atomic mass is 16.1. The summed E-state index contributed by atoms with van der Waals surface area (Å²) in [5.41, 5.74) is 2.87. The molecule has 0 unspecified atom stereocenters. The van der Waals surface area contributed by atoms with Gasteiger partial charge in [0.15, 0.2) is 6.29 Å². The Kier molecular flexibility index (Phi) is 2.74. The summed E-state index contributed by atoms with van der Waals surface area (Å²) < 4.78 is 0. The lowest BCUT2D eigenvalue weighted by molar-refractivity contribution is 0.112. The number of hydrogen-bond donors (Lipinski definition) is 0. The van der Waals surface area contributed by atoms with E-state index in [4.69, 9.17) is 4.98 Å². The van der Waals surface area contributed by atoms with Crippen molar-refractivity contribution in [1.82, 2.24) is 4.98 Å². The quantitative estimate of drug-likeness (QED) is 0.757. The van der Waals surface area contributed by atoms with Crippen LogP contribution in [0.5, 0.6) is 0 Å². The lowest BCUT2D eigenvalue weighted by Crippen LogP contribution is -2.20. The molecule has 0 N–H and O–H groups in total. The minimum absolute atomic E-state index is 0.704. The van der Waals surface area contributed by atoms with Gasteiger partial charge in [-0.3, -0.25) is 4.79 Å². The van der Waals surface area contributed by atoms with Gasteiger partial charge < -0.3 is 4.90 Å². The van der Waals surface area contributed by atoms with Gasteiger partial charge in [-0.2, -0.15) is 0 Å². The molecule has 2 aromatic rings. The van der Waals surface area contributed by atoms with E-state index in [1.807, 2.05) is 18.2 Å². The average molecular weight is 240 g/mol. The molecule has 0 spiro atoms. The number of para-hydroxylation sites is 1. The molecule has 3 nitrogen and oxygen atoms in total. The van der Waals surface area contributed by atoms with Crippen LogP contribution in [0.1, 0.15) is 28.8 Å². The van der Waals surface area contributed by atoms with Crippen molar-refractivity contribution in [2.24, 2.45) is 0 Å². The van der Waals surface area contributed by atoms with Crippen LogP contribution >= 0.6 is 0 Å². The summed E-state index contributed by atoms with van der Waals surface area (Å²) in [5.74, 6) is 0.851. The highest BCUT2D eigenvalue weighted by Gasteiger charge is 2.18. The fourth-order valence-electron chi connectivity index (χ4n) is 2.62. The van der Waals surface area contributed by atoms with Gasteiger partial charge in [-0.25, -0.2) is 4.98 Å². The smallest absolute Gasteiger partial charge is 0.153 e. The van der Waals surface area contributed by atoms with Crippen molar-refractivity contribution in [3.63, 3.8) is 0 Å². The molecule has 1 aliphatic rings. The van der Waals surface area contributed by atoms with Gasteiger partial charge in [0.05, 0.1) is 11.1 Å². The predicted octanol–water partition coefficient (Wildman–Crippen LogP) is 2.96. The minimum atomic E-state index is 0.704. The first kappa shape index (κ1) is 11.2. The maximum absolute atomic E-state index is 11.2. The molecule has 2 heterocycles. The second-order valence-electron chi connectivity index (χ2n) is 4.86. The minimum Gasteiger partial charge on any atom is -0.356 e. The third-order valence-corrected chi connectivity index (χ3v) is 3.59. The number of benzene rings is 1. The van der Waals surface area contributed by atoms with E-state index < -0.39 is 0 Å². The zero-order valence-corrected chi connectivity index (χ0v) is 10.5. The summed E-state index contributed by atoms with van der Waals surface area (Å²) in [6.07, 6.45) is 3.29. The van der Waals surface area contributed by atoms with Crippen molar-refractivity contribution in [3.05, 3.63) is 35.4 Å². The van der Waals surface area contributed by atoms with E-state index in [0.717, 1.165) is 41.7 Å². The van der Waals surface area contributed by atoms with E-state index >= 15 is 0 Å². The molecule has 0 radical (unpaired) electrons. The number of aryl methyl sites for hydroxylation is 1. The molecule has 3 rings (SSSR count). The Labute approximate surface area is 106 Å². The zero-order valence-electron chi connectivity index (χ0n) is 10.5. The summed E-state index contributed by atoms with van der Waals surface area (Å²) in [5, 5.41) is 1.04. The van der Waals surface area contributed by atoms with Gasteiger partial charge >= 0.3 is 0 Å². The van der Waals surface area contributed by atoms with Crippen molar-refractivity contribution < 1.29 is 4.79 Å². The number of fused-ring (bicyclic) bond motifs is 1. The lowest BCUT2D eigenvalue weighted by Gasteiger charge is -2.19. The van der Waals surface area contributed by atoms with Gasteiger partial charge in [-0.15, -0.1) is 0 Å². The Morgan fingerprint density at radius 1 is 1.28 bits per heavy atom. The molecule has 0 bridgehead atoms. The summed E-state index contributed by atoms with van der Waals surface area (Å²) in [6, 6.07) is 8.03. The second-order valence-corrected chi connectivity index (χ2v) is 4.86. The Balaban J connectivity index is 2.22. The summed E-state index contributed by atoms with van der Waals surface area (Å²) in [7, 11) is 0. The first-order chi connectivity index (χ1) is 8.79. The van der Waals surface area contributed by atoms with Crippen LogP contribution in [0.15, 0.2) is 24.3 Å². The molecule has 0 atom stereocenters. The molecule has 1 aliphatic heterocycles. The van der Waals surface area contributed by atoms with E-state index in [-0.39, 0.29) is 0 Å². The number of hydrogen-bond acceptors (Lipinski definition) is 3. The molecule has 1 fully saturated rings. The number of pyridine rings is 1. The maximum atomic E-state index is 11.2. The number of aldehydes is 1. The van der Waals surface area contributed by atoms with E-state index in [1.54, 1.807) is 0 Å². The summed E-state index contributed by atoms with van der Waals surface area (Å²) >= 11 is 0. The van der Waals surface area contributed by atoms with Crippen LogP contribution in [-0.2, 0) is 0 Å². The van der Waals surface area contributed by atoms with Crippen molar-refractivity contribution in [2.45, 2.75) is 19.8 Å². The van der Waals surface area contributed by atoms with E-state index in [1.165, 1.54) is 12.8 Å². The molecule has 1 saturated heterocycles. The normalized spacial score (nSPS) is 15.3. The van der Waals surface area contributed by atoms with Crippen LogP contribution in [0.2, 0.25) is 0 Å². The van der Waals surface area contributed by atoms with E-state index in [2.05, 4.69) is 17.9 Å². The lowest BCUT2D eigenvalue weighted by atomic mass is 10.1. The molecular formula is C15H16N2O. The topological polar surface area (TPSA) is 33.2 Å². The highest BCUT2D eigenvalue weighted by molar-refractivity contribution is 5.93. The number of anilines is 1. The van der Waals surface area contributed by atoms with Gasteiger partial charge in [-0.05, 0) is 31.4 Å². The fraction of sp³-hybridized carbons (Fsp3) is 0.333. The van der Waals surface area contributed by atoms with Crippen molar-refractivity contribution in [3.8, 4) is 0 Å². The van der Waals surface area contributed by atoms with E-state index in [0.29, 0.717) is 5.56 Å². The van der Waals surface area contributed by atoms with Gasteiger partial charge in [-0.1, -0.05) is 18.2 Å². The molecule has 0 saturated carbocycles. The molecule has 3 heteroatoms. The third-order valence-electron chi connectivity index (χ3n) is 3.59. The van der Waals surface area contributed by atoms with Gasteiger partial charge in [0, 0.05) is 18.5 Å². The average Bonchev–Trinajstić information content (AvgIpc) is 2.91. The number of nitrogens with zero attached hydrogens (tertiary/aromatic N) is 2. The second kappa shape index (κ2) is 4.41. The van der Waals surface area contributed by atoms with Crippen LogP contribution < -0.4 is 4.90 Å². The number of carbonyl (C=O) groups is 1. The maximum Gasteiger partial charge on any atom is 0.153 e. The molecule has 0 amide bonds. The molecule has 0 aliphatic carbocycles. The molecule has 92 valence electrons. The van der Waals surface area contributed by atoms with Crippen molar-refractivity contribution >= 4 is 23.0 Å². The number of rotatable bonds is 2. The first-order valence-corrected chi connectivity index (χ1v) is 6.40. The Morgan fingerprint density at radius 2 is 2.06 bits per heavy atom. The summed E-state index contributed by atoms with van der Waals surface area (Å²) in [6.45, 7) is 4.07. The van der Waals surface area contributed by atoms with Gasteiger partial charge in [0.25, 0.3) is 0 Å². The third kappa shape index (κ3) is 1.76. The van der Waals surface area contributed by atoms with Crippen LogP contribution in [0.3, 0.4) is 0 Å². The molecular weight excluding hydrogens is 224 g/mol. The standard InChI is InChI=1S/C15H16N2O/c1-11-5-4-6-12-9-13(10-18)15(16-14(11)12)17-7-2-3-8-17/h4-6,9-10H,2-3,7-8H2,1H3. The molecule has 1 aromatic heterocycles. The van der Waals surface area contributed by atoms with E-state index in [9.17, 15) is 4.79 Å². The highest BCUT2D eigenvalue weighted by Crippen LogP contribution is 2.26. The SMILES string of the molecule is Cc1cccc2cc(C=O)c(N3CCCC3)nc12. The van der Waals surface area contributed by atoms with Gasteiger partial charge in [0.2, 0.25) is 0 Å². The van der Waals surface area contributed by atoms with Crippen LogP contribution in [0.4, 0.5) is 5.82 Å². The number of aromatic nitrogens is 1. The Morgan fingerprint density at radius 3 is 2.78 bits per heavy atom. The Hall–Kier alpha value is -1.90. The molecule has 18 heavy (non-hydrogen) atoms. The number of carbonyl (C=O) groups excluding carboxylic acids is 1.